The van der Waals surface area contributed by atoms with E-state index in [1.807, 2.05) is 0 Å². The number of carbonyl (C=O) groups excluding carboxylic acids is 1. The van der Waals surface area contributed by atoms with Crippen LogP contribution in [0, 0.1) is 10.1 Å². The van der Waals surface area contributed by atoms with Gasteiger partial charge in [-0.3, -0.25) is 20.0 Å². The van der Waals surface area contributed by atoms with E-state index in [2.05, 4.69) is 15.5 Å². The first kappa shape index (κ1) is 13.8. The summed E-state index contributed by atoms with van der Waals surface area (Å²) in [4.78, 5) is 22.2. The molecule has 9 heteroatoms. The van der Waals surface area contributed by atoms with E-state index in [4.69, 9.17) is 17.3 Å². The van der Waals surface area contributed by atoms with Gasteiger partial charge in [0.1, 0.15) is 11.4 Å². The first-order chi connectivity index (χ1) is 9.49. The van der Waals surface area contributed by atoms with Gasteiger partial charge < -0.3 is 11.1 Å². The predicted molar refractivity (Wildman–Crippen MR) is 72.3 cm³/mol. The molecule has 2 aromatic rings. The topological polar surface area (TPSA) is 127 Å². The fourth-order valence-electron chi connectivity index (χ4n) is 1.58. The summed E-state index contributed by atoms with van der Waals surface area (Å²) in [6, 6.07) is 3.78. The summed E-state index contributed by atoms with van der Waals surface area (Å²) in [5.74, 6) is -0.286. The van der Waals surface area contributed by atoms with Crippen LogP contribution in [0.3, 0.4) is 0 Å². The van der Waals surface area contributed by atoms with Gasteiger partial charge in [-0.05, 0) is 12.1 Å². The molecule has 0 spiro atoms. The number of aromatic amines is 1. The zero-order chi connectivity index (χ0) is 14.7. The van der Waals surface area contributed by atoms with Crippen molar-refractivity contribution in [2.24, 2.45) is 0 Å². The molecule has 1 aromatic heterocycles. The Bertz CT molecular complexity index is 670. The van der Waals surface area contributed by atoms with Crippen molar-refractivity contribution in [3.8, 4) is 0 Å². The van der Waals surface area contributed by atoms with Crippen LogP contribution in [0.2, 0.25) is 5.02 Å². The zero-order valence-corrected chi connectivity index (χ0v) is 10.8. The largest absolute Gasteiger partial charge is 0.384 e. The van der Waals surface area contributed by atoms with Gasteiger partial charge in [-0.25, -0.2) is 0 Å². The van der Waals surface area contributed by atoms with Crippen molar-refractivity contribution in [1.29, 1.82) is 0 Å². The molecule has 1 aromatic carbocycles. The van der Waals surface area contributed by atoms with Crippen molar-refractivity contribution in [2.75, 3.05) is 5.73 Å². The molecule has 0 aliphatic rings. The molecule has 0 atom stereocenters. The van der Waals surface area contributed by atoms with Gasteiger partial charge in [0, 0.05) is 23.2 Å². The van der Waals surface area contributed by atoms with Gasteiger partial charge in [0.05, 0.1) is 11.1 Å². The highest BCUT2D eigenvalue weighted by Gasteiger charge is 2.20. The maximum atomic E-state index is 12.0. The summed E-state index contributed by atoms with van der Waals surface area (Å²) in [6.07, 6.45) is 1.46. The number of nitro benzene ring substituents is 1. The van der Waals surface area contributed by atoms with Crippen molar-refractivity contribution in [3.05, 3.63) is 50.7 Å². The normalized spacial score (nSPS) is 10.2. The number of aromatic nitrogens is 2. The third-order valence-corrected chi connectivity index (χ3v) is 2.83. The van der Waals surface area contributed by atoms with Crippen LogP contribution in [0.5, 0.6) is 0 Å². The van der Waals surface area contributed by atoms with Gasteiger partial charge >= 0.3 is 0 Å². The van der Waals surface area contributed by atoms with E-state index in [0.29, 0.717) is 11.4 Å². The van der Waals surface area contributed by atoms with E-state index in [0.717, 1.165) is 0 Å². The third kappa shape index (κ3) is 2.86. The molecule has 0 saturated heterocycles. The van der Waals surface area contributed by atoms with Crippen molar-refractivity contribution >= 4 is 29.0 Å². The summed E-state index contributed by atoms with van der Waals surface area (Å²) < 4.78 is 0. The van der Waals surface area contributed by atoms with Gasteiger partial charge in [-0.1, -0.05) is 11.6 Å². The highest BCUT2D eigenvalue weighted by molar-refractivity contribution is 6.31. The summed E-state index contributed by atoms with van der Waals surface area (Å²) in [5, 5.41) is 19.9. The number of nitrogen functional groups attached to an aromatic ring is 1. The van der Waals surface area contributed by atoms with Gasteiger partial charge in [0.15, 0.2) is 0 Å². The minimum Gasteiger partial charge on any atom is -0.384 e. The number of nitrogens with two attached hydrogens (primary N) is 1. The number of rotatable bonds is 4. The molecule has 1 heterocycles. The average Bonchev–Trinajstić information content (AvgIpc) is 2.81. The Morgan fingerprint density at radius 1 is 1.55 bits per heavy atom. The number of benzene rings is 1. The average molecular weight is 296 g/mol. The molecule has 2 rings (SSSR count). The number of nitrogens with zero attached hydrogens (tertiary/aromatic N) is 2. The maximum Gasteiger partial charge on any atom is 0.282 e. The molecule has 0 saturated carbocycles. The Labute approximate surface area is 118 Å². The molecular formula is C11H10ClN5O3. The molecule has 0 radical (unpaired) electrons. The van der Waals surface area contributed by atoms with Crippen LogP contribution in [0.25, 0.3) is 0 Å². The minimum absolute atomic E-state index is 0.102. The Hall–Kier alpha value is -2.61. The Kier molecular flexibility index (Phi) is 3.85. The Morgan fingerprint density at radius 3 is 2.90 bits per heavy atom. The highest BCUT2D eigenvalue weighted by Crippen LogP contribution is 2.22. The lowest BCUT2D eigenvalue weighted by Crippen LogP contribution is -2.24. The SMILES string of the molecule is Nc1[nH]ncc1CNC(=O)c1cc(Cl)ccc1[N+](=O)[O-]. The molecule has 104 valence electrons. The smallest absolute Gasteiger partial charge is 0.282 e. The molecule has 0 aliphatic heterocycles. The van der Waals surface area contributed by atoms with Crippen molar-refractivity contribution in [2.45, 2.75) is 6.54 Å². The van der Waals surface area contributed by atoms with Crippen LogP contribution in [-0.4, -0.2) is 21.0 Å². The maximum absolute atomic E-state index is 12.0. The third-order valence-electron chi connectivity index (χ3n) is 2.59. The number of anilines is 1. The van der Waals surface area contributed by atoms with Crippen molar-refractivity contribution in [3.63, 3.8) is 0 Å². The van der Waals surface area contributed by atoms with E-state index in [9.17, 15) is 14.9 Å². The van der Waals surface area contributed by atoms with Crippen LogP contribution in [0.4, 0.5) is 11.5 Å². The van der Waals surface area contributed by atoms with Crippen molar-refractivity contribution in [1.82, 2.24) is 15.5 Å². The van der Waals surface area contributed by atoms with Crippen LogP contribution >= 0.6 is 11.6 Å². The lowest BCUT2D eigenvalue weighted by Gasteiger charge is -2.05. The number of nitro groups is 1. The van der Waals surface area contributed by atoms with E-state index < -0.39 is 10.8 Å². The zero-order valence-electron chi connectivity index (χ0n) is 10.1. The molecule has 0 unspecified atom stereocenters. The molecule has 0 aliphatic carbocycles. The molecule has 1 amide bonds. The monoisotopic (exact) mass is 295 g/mol. The van der Waals surface area contributed by atoms with Gasteiger partial charge in [0.2, 0.25) is 0 Å². The van der Waals surface area contributed by atoms with Gasteiger partial charge in [0.25, 0.3) is 11.6 Å². The number of hydrogen-bond acceptors (Lipinski definition) is 5. The molecular weight excluding hydrogens is 286 g/mol. The predicted octanol–water partition coefficient (Wildman–Crippen LogP) is 1.48. The molecule has 8 nitrogen and oxygen atoms in total. The fourth-order valence-corrected chi connectivity index (χ4v) is 1.75. The number of hydrogen-bond donors (Lipinski definition) is 3. The quantitative estimate of drug-likeness (QED) is 0.581. The second-order valence-electron chi connectivity index (χ2n) is 3.91. The molecule has 0 bridgehead atoms. The number of carbonyl (C=O) groups is 1. The van der Waals surface area contributed by atoms with E-state index in [1.165, 1.54) is 24.4 Å². The number of halogens is 1. The minimum atomic E-state index is -0.641. The van der Waals surface area contributed by atoms with Crippen LogP contribution < -0.4 is 11.1 Å². The van der Waals surface area contributed by atoms with E-state index in [1.54, 1.807) is 0 Å². The van der Waals surface area contributed by atoms with Crippen LogP contribution in [0.15, 0.2) is 24.4 Å². The lowest BCUT2D eigenvalue weighted by atomic mass is 10.1. The van der Waals surface area contributed by atoms with Crippen LogP contribution in [0.1, 0.15) is 15.9 Å². The molecule has 4 N–H and O–H groups in total. The Morgan fingerprint density at radius 2 is 2.30 bits per heavy atom. The first-order valence-corrected chi connectivity index (χ1v) is 5.86. The lowest BCUT2D eigenvalue weighted by molar-refractivity contribution is -0.385. The van der Waals surface area contributed by atoms with Gasteiger partial charge in [-0.2, -0.15) is 5.10 Å². The van der Waals surface area contributed by atoms with Gasteiger partial charge in [-0.15, -0.1) is 0 Å². The number of H-pyrrole nitrogens is 1. The molecule has 20 heavy (non-hydrogen) atoms. The summed E-state index contributed by atoms with van der Waals surface area (Å²) in [7, 11) is 0. The second-order valence-corrected chi connectivity index (χ2v) is 4.35. The second kappa shape index (κ2) is 5.57. The number of amides is 1. The fraction of sp³-hybridized carbons (Fsp3) is 0.0909. The molecule has 0 fully saturated rings. The van der Waals surface area contributed by atoms with E-state index in [-0.39, 0.29) is 22.8 Å². The Balaban J connectivity index is 2.19. The summed E-state index contributed by atoms with van der Waals surface area (Å²) in [6.45, 7) is 0.102. The standard InChI is InChI=1S/C11H10ClN5O3/c12-7-1-2-9(17(19)20)8(3-7)11(18)14-4-6-5-15-16-10(6)13/h1-3,5H,4H2,(H,14,18)(H3,13,15,16). The first-order valence-electron chi connectivity index (χ1n) is 5.49. The van der Waals surface area contributed by atoms with Crippen LogP contribution in [-0.2, 0) is 6.54 Å². The van der Waals surface area contributed by atoms with Crippen molar-refractivity contribution < 1.29 is 9.72 Å². The summed E-state index contributed by atoms with van der Waals surface area (Å²) >= 11 is 5.75. The van der Waals surface area contributed by atoms with E-state index >= 15 is 0 Å². The summed E-state index contributed by atoms with van der Waals surface area (Å²) in [5.41, 5.74) is 5.74. The number of nitrogens with one attached hydrogen (secondary N) is 2. The highest BCUT2D eigenvalue weighted by atomic mass is 35.5.